The third-order valence-corrected chi connectivity index (χ3v) is 4.96. The van der Waals surface area contributed by atoms with Gasteiger partial charge in [-0.1, -0.05) is 13.8 Å². The molecule has 100 valence electrons. The SMILES string of the molecule is CC1(C)CCC(N)C(Sc2ccc(F)cc2F)C1. The quantitative estimate of drug-likeness (QED) is 0.881. The minimum Gasteiger partial charge on any atom is -0.327 e. The van der Waals surface area contributed by atoms with Crippen LogP contribution < -0.4 is 5.73 Å². The Hall–Kier alpha value is -0.610. The summed E-state index contributed by atoms with van der Waals surface area (Å²) >= 11 is 1.44. The summed E-state index contributed by atoms with van der Waals surface area (Å²) in [5.41, 5.74) is 6.36. The lowest BCUT2D eigenvalue weighted by molar-refractivity contribution is 0.232. The molecule has 1 saturated carbocycles. The third-order valence-electron chi connectivity index (χ3n) is 3.56. The van der Waals surface area contributed by atoms with Crippen LogP contribution in [0.15, 0.2) is 23.1 Å². The van der Waals surface area contributed by atoms with E-state index in [9.17, 15) is 8.78 Å². The van der Waals surface area contributed by atoms with Gasteiger partial charge in [-0.2, -0.15) is 0 Å². The molecule has 0 amide bonds. The molecule has 1 aromatic carbocycles. The van der Waals surface area contributed by atoms with Crippen LogP contribution in [0.2, 0.25) is 0 Å². The maximum atomic E-state index is 13.6. The second-order valence-electron chi connectivity index (χ2n) is 5.80. The highest BCUT2D eigenvalue weighted by atomic mass is 32.2. The number of halogens is 2. The van der Waals surface area contributed by atoms with Gasteiger partial charge in [-0.25, -0.2) is 8.78 Å². The van der Waals surface area contributed by atoms with Crippen LogP contribution in [0.5, 0.6) is 0 Å². The fourth-order valence-electron chi connectivity index (χ4n) is 2.40. The van der Waals surface area contributed by atoms with E-state index in [-0.39, 0.29) is 16.7 Å². The molecule has 0 heterocycles. The van der Waals surface area contributed by atoms with Crippen molar-refractivity contribution in [3.05, 3.63) is 29.8 Å². The first kappa shape index (κ1) is 13.8. The lowest BCUT2D eigenvalue weighted by atomic mass is 9.75. The summed E-state index contributed by atoms with van der Waals surface area (Å²) in [5.74, 6) is -1.03. The Labute approximate surface area is 111 Å². The van der Waals surface area contributed by atoms with E-state index in [1.807, 2.05) is 0 Å². The van der Waals surface area contributed by atoms with Crippen molar-refractivity contribution in [3.8, 4) is 0 Å². The van der Waals surface area contributed by atoms with Gasteiger partial charge in [-0.3, -0.25) is 0 Å². The van der Waals surface area contributed by atoms with E-state index < -0.39 is 11.6 Å². The number of nitrogens with two attached hydrogens (primary N) is 1. The molecule has 0 bridgehead atoms. The molecule has 2 unspecified atom stereocenters. The van der Waals surface area contributed by atoms with Gasteiger partial charge in [0.05, 0.1) is 0 Å². The Morgan fingerprint density at radius 3 is 2.72 bits per heavy atom. The van der Waals surface area contributed by atoms with E-state index >= 15 is 0 Å². The fourth-order valence-corrected chi connectivity index (χ4v) is 3.89. The summed E-state index contributed by atoms with van der Waals surface area (Å²) in [6.45, 7) is 4.43. The third kappa shape index (κ3) is 3.23. The van der Waals surface area contributed by atoms with Crippen LogP contribution in [0.4, 0.5) is 8.78 Å². The van der Waals surface area contributed by atoms with Crippen molar-refractivity contribution in [1.82, 2.24) is 0 Å². The standard InChI is InChI=1S/C14H19F2NS/c1-14(2)6-5-11(17)13(8-14)18-12-4-3-9(15)7-10(12)16/h3-4,7,11,13H,5-6,8,17H2,1-2H3. The van der Waals surface area contributed by atoms with Gasteiger partial charge in [0.1, 0.15) is 11.6 Å². The molecule has 1 nitrogen and oxygen atoms in total. The first-order valence-corrected chi connectivity index (χ1v) is 7.13. The van der Waals surface area contributed by atoms with Gasteiger partial charge in [0, 0.05) is 22.3 Å². The molecule has 2 rings (SSSR count). The van der Waals surface area contributed by atoms with Crippen molar-refractivity contribution in [2.75, 3.05) is 0 Å². The Bertz CT molecular complexity index is 434. The number of thioether (sulfide) groups is 1. The molecule has 4 heteroatoms. The normalized spacial score (nSPS) is 27.2. The monoisotopic (exact) mass is 271 g/mol. The molecule has 0 spiro atoms. The number of hydrogen-bond acceptors (Lipinski definition) is 2. The van der Waals surface area contributed by atoms with Crippen LogP contribution in [-0.2, 0) is 0 Å². The van der Waals surface area contributed by atoms with Gasteiger partial charge in [0.25, 0.3) is 0 Å². The highest BCUT2D eigenvalue weighted by Crippen LogP contribution is 2.42. The zero-order chi connectivity index (χ0) is 13.3. The lowest BCUT2D eigenvalue weighted by Crippen LogP contribution is -2.41. The Morgan fingerprint density at radius 1 is 1.33 bits per heavy atom. The topological polar surface area (TPSA) is 26.0 Å². The molecule has 2 atom stereocenters. The Balaban J connectivity index is 2.12. The fraction of sp³-hybridized carbons (Fsp3) is 0.571. The second-order valence-corrected chi connectivity index (χ2v) is 7.08. The number of rotatable bonds is 2. The van der Waals surface area contributed by atoms with Crippen LogP contribution in [0.3, 0.4) is 0 Å². The average molecular weight is 271 g/mol. The van der Waals surface area contributed by atoms with Gasteiger partial charge >= 0.3 is 0 Å². The van der Waals surface area contributed by atoms with E-state index in [4.69, 9.17) is 5.73 Å². The maximum absolute atomic E-state index is 13.6. The number of hydrogen-bond donors (Lipinski definition) is 1. The molecule has 0 saturated heterocycles. The first-order valence-electron chi connectivity index (χ1n) is 6.25. The van der Waals surface area contributed by atoms with Crippen LogP contribution in [-0.4, -0.2) is 11.3 Å². The molecule has 1 aliphatic rings. The van der Waals surface area contributed by atoms with E-state index in [1.54, 1.807) is 0 Å². The summed E-state index contributed by atoms with van der Waals surface area (Å²) < 4.78 is 26.5. The number of benzene rings is 1. The summed E-state index contributed by atoms with van der Waals surface area (Å²) in [6, 6.07) is 3.82. The van der Waals surface area contributed by atoms with Gasteiger partial charge < -0.3 is 5.73 Å². The minimum absolute atomic E-state index is 0.0903. The van der Waals surface area contributed by atoms with Crippen LogP contribution in [0.25, 0.3) is 0 Å². The van der Waals surface area contributed by atoms with E-state index in [0.717, 1.165) is 25.3 Å². The minimum atomic E-state index is -0.537. The molecule has 1 aliphatic carbocycles. The van der Waals surface area contributed by atoms with Crippen molar-refractivity contribution >= 4 is 11.8 Å². The van der Waals surface area contributed by atoms with E-state index in [0.29, 0.717) is 4.90 Å². The summed E-state index contributed by atoms with van der Waals surface area (Å²) in [7, 11) is 0. The Morgan fingerprint density at radius 2 is 2.06 bits per heavy atom. The predicted molar refractivity (Wildman–Crippen MR) is 71.6 cm³/mol. The highest BCUT2D eigenvalue weighted by molar-refractivity contribution is 8.00. The van der Waals surface area contributed by atoms with Crippen molar-refractivity contribution in [1.29, 1.82) is 0 Å². The highest BCUT2D eigenvalue weighted by Gasteiger charge is 2.33. The summed E-state index contributed by atoms with van der Waals surface area (Å²) in [4.78, 5) is 0.495. The molecule has 0 radical (unpaired) electrons. The molecule has 0 aromatic heterocycles. The smallest absolute Gasteiger partial charge is 0.139 e. The average Bonchev–Trinajstić information content (AvgIpc) is 2.27. The van der Waals surface area contributed by atoms with Crippen LogP contribution >= 0.6 is 11.8 Å². The van der Waals surface area contributed by atoms with Crippen molar-refractivity contribution in [2.24, 2.45) is 11.1 Å². The second kappa shape index (κ2) is 5.17. The maximum Gasteiger partial charge on any atom is 0.139 e. The molecule has 0 aliphatic heterocycles. The molecule has 18 heavy (non-hydrogen) atoms. The van der Waals surface area contributed by atoms with Gasteiger partial charge in [0.2, 0.25) is 0 Å². The largest absolute Gasteiger partial charge is 0.327 e. The zero-order valence-corrected chi connectivity index (χ0v) is 11.6. The molecular weight excluding hydrogens is 252 g/mol. The molecule has 1 aromatic rings. The molecule has 1 fully saturated rings. The lowest BCUT2D eigenvalue weighted by Gasteiger charge is -2.38. The van der Waals surface area contributed by atoms with Crippen molar-refractivity contribution < 1.29 is 8.78 Å². The van der Waals surface area contributed by atoms with Gasteiger partial charge in [-0.05, 0) is 36.8 Å². The predicted octanol–water partition coefficient (Wildman–Crippen LogP) is 3.96. The van der Waals surface area contributed by atoms with E-state index in [1.165, 1.54) is 23.9 Å². The van der Waals surface area contributed by atoms with Crippen LogP contribution in [0, 0.1) is 17.0 Å². The molecule has 2 N–H and O–H groups in total. The van der Waals surface area contributed by atoms with E-state index in [2.05, 4.69) is 13.8 Å². The van der Waals surface area contributed by atoms with Crippen molar-refractivity contribution in [3.63, 3.8) is 0 Å². The van der Waals surface area contributed by atoms with Gasteiger partial charge in [-0.15, -0.1) is 11.8 Å². The van der Waals surface area contributed by atoms with Crippen LogP contribution in [0.1, 0.15) is 33.1 Å². The first-order chi connectivity index (χ1) is 8.37. The summed E-state index contributed by atoms with van der Waals surface area (Å²) in [5, 5.41) is 0.203. The zero-order valence-electron chi connectivity index (χ0n) is 10.7. The summed E-state index contributed by atoms with van der Waals surface area (Å²) in [6.07, 6.45) is 3.04. The Kier molecular flexibility index (Phi) is 3.97. The molecular formula is C14H19F2NS. The van der Waals surface area contributed by atoms with Gasteiger partial charge in [0.15, 0.2) is 0 Å². The van der Waals surface area contributed by atoms with Crippen molar-refractivity contribution in [2.45, 2.75) is 49.3 Å².